The predicted octanol–water partition coefficient (Wildman–Crippen LogP) is -2.12. The van der Waals surface area contributed by atoms with E-state index in [1.54, 1.807) is 0 Å². The van der Waals surface area contributed by atoms with Crippen molar-refractivity contribution in [2.75, 3.05) is 44.9 Å². The molecule has 0 spiro atoms. The van der Waals surface area contributed by atoms with Crippen LogP contribution in [0.2, 0.25) is 0 Å². The molecule has 0 bridgehead atoms. The van der Waals surface area contributed by atoms with Crippen molar-refractivity contribution in [1.82, 2.24) is 19.5 Å². The van der Waals surface area contributed by atoms with Gasteiger partial charge in [-0.3, -0.25) is 14.1 Å². The van der Waals surface area contributed by atoms with Crippen molar-refractivity contribution in [2.45, 2.75) is 12.1 Å². The molecule has 1 aromatic rings. The van der Waals surface area contributed by atoms with Gasteiger partial charge in [0.2, 0.25) is 0 Å². The van der Waals surface area contributed by atoms with E-state index in [4.69, 9.17) is 28.2 Å². The maximum atomic E-state index is 12.7. The number of nitrogens with zero attached hydrogens (tertiary/aromatic N) is 4. The van der Waals surface area contributed by atoms with E-state index in [0.717, 1.165) is 23.1 Å². The van der Waals surface area contributed by atoms with Gasteiger partial charge >= 0.3 is 10.3 Å². The number of carbonyl (C=O) groups excluding carboxylic acids is 2. The van der Waals surface area contributed by atoms with Gasteiger partial charge in [0, 0.05) is 24.2 Å². The number of nitrogen functional groups attached to an aromatic ring is 1. The largest absolute Gasteiger partial charge is 0.398 e. The summed E-state index contributed by atoms with van der Waals surface area (Å²) in [5.74, 6) is -2.06. The maximum Gasteiger partial charge on any atom is 0.362 e. The monoisotopic (exact) mass is 542 g/mol. The van der Waals surface area contributed by atoms with E-state index in [-0.39, 0.29) is 57.2 Å². The first kappa shape index (κ1) is 27.2. The number of β-lactam (4-membered cyclic amide) rings is 1. The number of thioether (sulfide) groups is 1. The fourth-order valence-corrected chi connectivity index (χ4v) is 5.74. The Bertz CT molecular complexity index is 1010. The van der Waals surface area contributed by atoms with Crippen molar-refractivity contribution in [2.24, 2.45) is 5.16 Å². The highest BCUT2D eigenvalue weighted by Gasteiger charge is 2.54. The number of thiocarbonyl (C=S) groups is 1. The van der Waals surface area contributed by atoms with E-state index in [0.29, 0.717) is 0 Å². The van der Waals surface area contributed by atoms with Crippen molar-refractivity contribution in [3.8, 4) is 0 Å². The summed E-state index contributed by atoms with van der Waals surface area (Å²) in [5, 5.41) is 25.8. The minimum Gasteiger partial charge on any atom is -0.398 e. The molecule has 0 unspecified atom stereocenters. The Hall–Kier alpha value is -2.09. The van der Waals surface area contributed by atoms with E-state index in [2.05, 4.69) is 20.3 Å². The lowest BCUT2D eigenvalue weighted by molar-refractivity contribution is -0.143. The second-order valence-corrected chi connectivity index (χ2v) is 10.2. The lowest BCUT2D eigenvalue weighted by Gasteiger charge is -2.44. The van der Waals surface area contributed by atoms with Crippen LogP contribution < -0.4 is 11.1 Å². The van der Waals surface area contributed by atoms with Crippen LogP contribution >= 0.6 is 35.3 Å². The van der Waals surface area contributed by atoms with Gasteiger partial charge in [0.1, 0.15) is 23.2 Å². The van der Waals surface area contributed by atoms with Gasteiger partial charge in [0.15, 0.2) is 10.8 Å². The summed E-state index contributed by atoms with van der Waals surface area (Å²) in [5.41, 5.74) is 5.37. The van der Waals surface area contributed by atoms with Crippen molar-refractivity contribution < 1.29 is 37.6 Å². The molecule has 33 heavy (non-hydrogen) atoms. The summed E-state index contributed by atoms with van der Waals surface area (Å²) in [6, 6.07) is -2.49. The number of amides is 2. The molecule has 2 rings (SSSR count). The highest BCUT2D eigenvalue weighted by molar-refractivity contribution is 8.22. The molecule has 1 fully saturated rings. The number of hydrogen-bond acceptors (Lipinski definition) is 13. The summed E-state index contributed by atoms with van der Waals surface area (Å²) >= 11 is 7.23. The summed E-state index contributed by atoms with van der Waals surface area (Å²) in [6.45, 7) is -0.208. The fraction of sp³-hybridized carbons (Fsp3) is 0.533. The van der Waals surface area contributed by atoms with Crippen LogP contribution in [0.25, 0.3) is 0 Å². The van der Waals surface area contributed by atoms with Crippen LogP contribution in [-0.4, -0.2) is 110 Å². The minimum absolute atomic E-state index is 0.0889. The van der Waals surface area contributed by atoms with Gasteiger partial charge in [-0.25, -0.2) is 9.29 Å². The minimum atomic E-state index is -4.90. The molecule has 184 valence electrons. The highest BCUT2D eigenvalue weighted by Crippen LogP contribution is 2.28. The molecule has 0 aliphatic carbocycles. The molecular formula is C15H22N6O8S4. The number of oxime groups is 1. The molecule has 18 heteroatoms. The number of rotatable bonds is 11. The van der Waals surface area contributed by atoms with E-state index in [1.165, 1.54) is 17.4 Å². The molecular weight excluding hydrogens is 520 g/mol. The van der Waals surface area contributed by atoms with Gasteiger partial charge in [0.25, 0.3) is 11.8 Å². The first-order valence-electron chi connectivity index (χ1n) is 9.12. The molecule has 0 saturated carbocycles. The third-order valence-electron chi connectivity index (χ3n) is 4.24. The number of anilines is 1. The third kappa shape index (κ3) is 6.71. The molecule has 1 aromatic heterocycles. The molecule has 2 heterocycles. The van der Waals surface area contributed by atoms with Gasteiger partial charge in [-0.15, -0.1) is 11.3 Å². The van der Waals surface area contributed by atoms with Crippen LogP contribution in [0.15, 0.2) is 10.5 Å². The van der Waals surface area contributed by atoms with Gasteiger partial charge in [0.05, 0.1) is 19.3 Å². The number of nitrogens with one attached hydrogen (secondary N) is 1. The lowest BCUT2D eigenvalue weighted by Crippen LogP contribution is -2.73. The molecule has 2 atom stereocenters. The Morgan fingerprint density at radius 3 is 2.58 bits per heavy atom. The normalized spacial score (nSPS) is 18.6. The van der Waals surface area contributed by atoms with E-state index >= 15 is 0 Å². The zero-order chi connectivity index (χ0) is 24.8. The molecule has 0 radical (unpaired) electrons. The van der Waals surface area contributed by atoms with Gasteiger partial charge < -0.3 is 31.0 Å². The zero-order valence-electron chi connectivity index (χ0n) is 17.1. The SMILES string of the molecule is CO/N=C(\C(=O)N[C@@H]1C(=O)N(S(=O)(=O)O)[C@@H]1CSC(=S)N(CCO)CCO)c1csc(N)n1. The van der Waals surface area contributed by atoms with Crippen molar-refractivity contribution in [3.05, 3.63) is 11.1 Å². The first-order chi connectivity index (χ1) is 15.5. The summed E-state index contributed by atoms with van der Waals surface area (Å²) in [6.07, 6.45) is 0. The molecule has 6 N–H and O–H groups in total. The fourth-order valence-electron chi connectivity index (χ4n) is 2.81. The second-order valence-electron chi connectivity index (χ2n) is 6.33. The summed E-state index contributed by atoms with van der Waals surface area (Å²) in [7, 11) is -3.70. The van der Waals surface area contributed by atoms with Crippen molar-refractivity contribution in [3.63, 3.8) is 0 Å². The maximum absolute atomic E-state index is 12.7. The van der Waals surface area contributed by atoms with Crippen molar-refractivity contribution >= 4 is 72.6 Å². The Balaban J connectivity index is 2.18. The number of hydrogen-bond donors (Lipinski definition) is 5. The van der Waals surface area contributed by atoms with Crippen LogP contribution in [0.1, 0.15) is 5.69 Å². The highest BCUT2D eigenvalue weighted by atomic mass is 32.2. The first-order valence-corrected chi connectivity index (χ1v) is 12.8. The van der Waals surface area contributed by atoms with Crippen LogP contribution in [0.3, 0.4) is 0 Å². The molecule has 1 aliphatic rings. The number of aliphatic hydroxyl groups is 2. The standard InChI is InChI=1S/C15H22N6O8S4/c1-29-19-10(8-6-31-14(16)17-8)12(24)18-11-9(21(13(11)25)33(26,27)28)7-32-15(30)20(2-4-22)3-5-23/h6,9,11,22-23H,2-5,7H2,1H3,(H2,16,17)(H,18,24)(H,26,27,28)/b19-10-/t9-,11+/m1/s1. The van der Waals surface area contributed by atoms with Gasteiger partial charge in [-0.2, -0.15) is 8.42 Å². The zero-order valence-corrected chi connectivity index (χ0v) is 20.4. The van der Waals surface area contributed by atoms with Crippen LogP contribution in [-0.2, 0) is 24.7 Å². The lowest BCUT2D eigenvalue weighted by atomic mass is 10.0. The smallest absolute Gasteiger partial charge is 0.362 e. The van der Waals surface area contributed by atoms with E-state index in [9.17, 15) is 22.6 Å². The van der Waals surface area contributed by atoms with Crippen LogP contribution in [0, 0.1) is 0 Å². The average Bonchev–Trinajstić information content (AvgIpc) is 3.17. The number of aliphatic hydroxyl groups excluding tert-OH is 2. The van der Waals surface area contributed by atoms with E-state index in [1.807, 2.05) is 0 Å². The Kier molecular flexibility index (Phi) is 9.76. The molecule has 0 aromatic carbocycles. The molecule has 2 amide bonds. The number of nitrogens with two attached hydrogens (primary N) is 1. The number of aromatic nitrogens is 1. The third-order valence-corrected chi connectivity index (χ3v) is 7.49. The number of carbonyl (C=O) groups is 2. The average molecular weight is 543 g/mol. The Morgan fingerprint density at radius 1 is 1.45 bits per heavy atom. The predicted molar refractivity (Wildman–Crippen MR) is 125 cm³/mol. The van der Waals surface area contributed by atoms with Crippen LogP contribution in [0.4, 0.5) is 5.13 Å². The van der Waals surface area contributed by atoms with Crippen LogP contribution in [0.5, 0.6) is 0 Å². The molecule has 1 aliphatic heterocycles. The summed E-state index contributed by atoms with van der Waals surface area (Å²) < 4.78 is 33.2. The molecule has 14 nitrogen and oxygen atoms in total. The van der Waals surface area contributed by atoms with E-state index < -0.39 is 34.2 Å². The Morgan fingerprint density at radius 2 is 2.09 bits per heavy atom. The quantitative estimate of drug-likeness (QED) is 0.0667. The number of thiazole rings is 1. The van der Waals surface area contributed by atoms with Crippen molar-refractivity contribution in [1.29, 1.82) is 0 Å². The second kappa shape index (κ2) is 11.9. The molecule has 1 saturated heterocycles. The van der Waals surface area contributed by atoms with Gasteiger partial charge in [-0.05, 0) is 0 Å². The Labute approximate surface area is 202 Å². The van der Waals surface area contributed by atoms with Gasteiger partial charge in [-0.1, -0.05) is 29.1 Å². The topological polar surface area (TPSA) is 208 Å². The summed E-state index contributed by atoms with van der Waals surface area (Å²) in [4.78, 5) is 35.2.